The van der Waals surface area contributed by atoms with Gasteiger partial charge >= 0.3 is 0 Å². The molecule has 0 aliphatic carbocycles. The summed E-state index contributed by atoms with van der Waals surface area (Å²) < 4.78 is 0.873. The summed E-state index contributed by atoms with van der Waals surface area (Å²) in [6, 6.07) is 5.50. The zero-order valence-electron chi connectivity index (χ0n) is 11.2. The van der Waals surface area contributed by atoms with Gasteiger partial charge in [0.05, 0.1) is 10.4 Å². The smallest absolute Gasteiger partial charge is 0.291 e. The highest BCUT2D eigenvalue weighted by Gasteiger charge is 2.20. The molecule has 6 heteroatoms. The van der Waals surface area contributed by atoms with Gasteiger partial charge in [0.25, 0.3) is 5.69 Å². The molecular formula is C14H16BrN3O2. The van der Waals surface area contributed by atoms with Gasteiger partial charge in [0.2, 0.25) is 0 Å². The molecular weight excluding hydrogens is 322 g/mol. The Bertz CT molecular complexity index is 646. The van der Waals surface area contributed by atoms with Gasteiger partial charge in [0.15, 0.2) is 0 Å². The van der Waals surface area contributed by atoms with Crippen molar-refractivity contribution in [2.24, 2.45) is 5.73 Å². The van der Waals surface area contributed by atoms with Crippen molar-refractivity contribution in [3.8, 4) is 0 Å². The van der Waals surface area contributed by atoms with E-state index in [0.717, 1.165) is 28.2 Å². The number of halogens is 1. The number of nitrogens with zero attached hydrogens (tertiary/aromatic N) is 2. The fraction of sp³-hybridized carbons (Fsp3) is 0.357. The Labute approximate surface area is 125 Å². The predicted octanol–water partition coefficient (Wildman–Crippen LogP) is 3.58. The van der Waals surface area contributed by atoms with Crippen LogP contribution in [-0.4, -0.2) is 15.9 Å². The Kier molecular flexibility index (Phi) is 4.67. The molecule has 20 heavy (non-hydrogen) atoms. The summed E-state index contributed by atoms with van der Waals surface area (Å²) in [6.45, 7) is 2.05. The van der Waals surface area contributed by atoms with Crippen LogP contribution in [0, 0.1) is 10.1 Å². The van der Waals surface area contributed by atoms with Crippen LogP contribution >= 0.6 is 15.9 Å². The van der Waals surface area contributed by atoms with Crippen molar-refractivity contribution in [1.82, 2.24) is 4.98 Å². The number of nitro groups is 1. The monoisotopic (exact) mass is 337 g/mol. The molecule has 106 valence electrons. The van der Waals surface area contributed by atoms with E-state index in [0.29, 0.717) is 12.0 Å². The largest absolute Gasteiger partial charge is 0.327 e. The van der Waals surface area contributed by atoms with Crippen LogP contribution in [0.4, 0.5) is 5.69 Å². The van der Waals surface area contributed by atoms with E-state index >= 15 is 0 Å². The molecule has 5 nitrogen and oxygen atoms in total. The molecule has 2 aromatic rings. The molecule has 0 saturated heterocycles. The number of fused-ring (bicyclic) bond motifs is 1. The van der Waals surface area contributed by atoms with Crippen molar-refractivity contribution < 1.29 is 4.92 Å². The first-order valence-electron chi connectivity index (χ1n) is 6.50. The number of hydrogen-bond donors (Lipinski definition) is 1. The molecule has 0 spiro atoms. The quantitative estimate of drug-likeness (QED) is 0.667. The van der Waals surface area contributed by atoms with Gasteiger partial charge in [-0.1, -0.05) is 29.3 Å². The molecule has 1 unspecified atom stereocenters. The molecule has 0 radical (unpaired) electrons. The molecule has 0 bridgehead atoms. The van der Waals surface area contributed by atoms with Gasteiger partial charge in [0.1, 0.15) is 6.20 Å². The summed E-state index contributed by atoms with van der Waals surface area (Å²) in [4.78, 5) is 15.0. The van der Waals surface area contributed by atoms with Crippen LogP contribution < -0.4 is 5.73 Å². The maximum atomic E-state index is 11.2. The zero-order valence-corrected chi connectivity index (χ0v) is 12.8. The summed E-state index contributed by atoms with van der Waals surface area (Å²) in [5.74, 6) is 0. The summed E-state index contributed by atoms with van der Waals surface area (Å²) in [5.41, 5.74) is 7.52. The Hall–Kier alpha value is -1.53. The van der Waals surface area contributed by atoms with E-state index in [1.165, 1.54) is 6.20 Å². The lowest BCUT2D eigenvalue weighted by atomic mass is 9.98. The minimum Gasteiger partial charge on any atom is -0.327 e. The van der Waals surface area contributed by atoms with Crippen LogP contribution in [0.5, 0.6) is 0 Å². The highest BCUT2D eigenvalue weighted by Crippen LogP contribution is 2.29. The maximum Gasteiger partial charge on any atom is 0.291 e. The van der Waals surface area contributed by atoms with Gasteiger partial charge in [-0.3, -0.25) is 10.1 Å². The van der Waals surface area contributed by atoms with Crippen molar-refractivity contribution in [3.05, 3.63) is 44.5 Å². The summed E-state index contributed by atoms with van der Waals surface area (Å²) in [6.07, 6.45) is 3.61. The van der Waals surface area contributed by atoms with E-state index in [4.69, 9.17) is 5.73 Å². The van der Waals surface area contributed by atoms with Crippen LogP contribution in [0.3, 0.4) is 0 Å². The second kappa shape index (κ2) is 6.28. The van der Waals surface area contributed by atoms with E-state index in [1.54, 1.807) is 0 Å². The number of pyridine rings is 1. The van der Waals surface area contributed by atoms with Gasteiger partial charge in [-0.05, 0) is 31.0 Å². The van der Waals surface area contributed by atoms with E-state index in [9.17, 15) is 10.1 Å². The van der Waals surface area contributed by atoms with E-state index < -0.39 is 0 Å². The normalized spacial score (nSPS) is 12.6. The number of aromatic nitrogens is 1. The van der Waals surface area contributed by atoms with Crippen molar-refractivity contribution in [1.29, 1.82) is 0 Å². The minimum absolute atomic E-state index is 0.0437. The summed E-state index contributed by atoms with van der Waals surface area (Å²) >= 11 is 3.40. The zero-order chi connectivity index (χ0) is 14.7. The van der Waals surface area contributed by atoms with E-state index in [-0.39, 0.29) is 16.7 Å². The number of hydrogen-bond acceptors (Lipinski definition) is 4. The first kappa shape index (κ1) is 14.9. The van der Waals surface area contributed by atoms with Gasteiger partial charge in [-0.2, -0.15) is 0 Å². The van der Waals surface area contributed by atoms with Crippen molar-refractivity contribution >= 4 is 32.5 Å². The van der Waals surface area contributed by atoms with E-state index in [1.807, 2.05) is 18.2 Å². The SMILES string of the molecule is CCCC(N)Cc1c([N+](=O)[O-])cnc2ccc(Br)cc12. The number of nitrogens with two attached hydrogens (primary N) is 1. The summed E-state index contributed by atoms with van der Waals surface area (Å²) in [7, 11) is 0. The molecule has 0 aliphatic rings. The second-order valence-electron chi connectivity index (χ2n) is 4.79. The van der Waals surface area contributed by atoms with Crippen molar-refractivity contribution in [2.75, 3.05) is 0 Å². The molecule has 0 fully saturated rings. The highest BCUT2D eigenvalue weighted by molar-refractivity contribution is 9.10. The fourth-order valence-corrected chi connectivity index (χ4v) is 2.68. The average molecular weight is 338 g/mol. The topological polar surface area (TPSA) is 82.0 Å². The summed E-state index contributed by atoms with van der Waals surface area (Å²) in [5, 5.41) is 12.0. The lowest BCUT2D eigenvalue weighted by Gasteiger charge is -2.12. The standard InChI is InChI=1S/C14H16BrN3O2/c1-2-3-10(16)7-12-11-6-9(15)4-5-13(11)17-8-14(12)18(19)20/h4-6,8,10H,2-3,7,16H2,1H3. The van der Waals surface area contributed by atoms with Crippen LogP contribution in [0.1, 0.15) is 25.3 Å². The first-order valence-corrected chi connectivity index (χ1v) is 7.29. The Morgan fingerprint density at radius 1 is 1.50 bits per heavy atom. The van der Waals surface area contributed by atoms with Crippen molar-refractivity contribution in [3.63, 3.8) is 0 Å². The molecule has 1 aromatic heterocycles. The number of benzene rings is 1. The molecule has 0 saturated carbocycles. The average Bonchev–Trinajstić information content (AvgIpc) is 2.39. The van der Waals surface area contributed by atoms with Crippen LogP contribution in [0.25, 0.3) is 10.9 Å². The van der Waals surface area contributed by atoms with E-state index in [2.05, 4.69) is 27.8 Å². The Balaban J connectivity index is 2.58. The third-order valence-electron chi connectivity index (χ3n) is 3.24. The van der Waals surface area contributed by atoms with Crippen LogP contribution in [0.15, 0.2) is 28.9 Å². The second-order valence-corrected chi connectivity index (χ2v) is 5.71. The minimum atomic E-state index is -0.388. The maximum absolute atomic E-state index is 11.2. The molecule has 0 aliphatic heterocycles. The van der Waals surface area contributed by atoms with Gasteiger partial charge < -0.3 is 5.73 Å². The Morgan fingerprint density at radius 3 is 2.90 bits per heavy atom. The lowest BCUT2D eigenvalue weighted by Crippen LogP contribution is -2.23. The number of rotatable bonds is 5. The molecule has 1 aromatic carbocycles. The molecule has 2 rings (SSSR count). The van der Waals surface area contributed by atoms with Gasteiger partial charge in [-0.15, -0.1) is 0 Å². The fourth-order valence-electron chi connectivity index (χ4n) is 2.32. The van der Waals surface area contributed by atoms with Crippen LogP contribution in [0.2, 0.25) is 0 Å². The third kappa shape index (κ3) is 3.13. The van der Waals surface area contributed by atoms with Crippen molar-refractivity contribution in [2.45, 2.75) is 32.2 Å². The lowest BCUT2D eigenvalue weighted by molar-refractivity contribution is -0.385. The third-order valence-corrected chi connectivity index (χ3v) is 3.73. The van der Waals surface area contributed by atoms with Gasteiger partial charge in [-0.25, -0.2) is 4.98 Å². The van der Waals surface area contributed by atoms with Gasteiger partial charge in [0, 0.05) is 21.5 Å². The first-order chi connectivity index (χ1) is 9.52. The Morgan fingerprint density at radius 2 is 2.25 bits per heavy atom. The van der Waals surface area contributed by atoms with Crippen LogP contribution in [-0.2, 0) is 6.42 Å². The predicted molar refractivity (Wildman–Crippen MR) is 82.7 cm³/mol. The molecule has 2 N–H and O–H groups in total. The molecule has 1 atom stereocenters. The highest BCUT2D eigenvalue weighted by atomic mass is 79.9. The molecule has 1 heterocycles. The molecule has 0 amide bonds.